The molecule has 1 aromatic carbocycles. The SMILES string of the molecule is CCCCCCCCCC1CCC(CCc2ccc(OC(=O)CCC)c(C)c2)CC1. The molecule has 30 heavy (non-hydrogen) atoms. The molecule has 0 unspecified atom stereocenters. The number of ether oxygens (including phenoxy) is 1. The van der Waals surface area contributed by atoms with Crippen LogP contribution in [0.25, 0.3) is 0 Å². The van der Waals surface area contributed by atoms with Crippen LogP contribution in [0.1, 0.15) is 121 Å². The number of carbonyl (C=O) groups is 1. The van der Waals surface area contributed by atoms with E-state index >= 15 is 0 Å². The Balaban J connectivity index is 1.60. The molecular weight excluding hydrogens is 368 g/mol. The smallest absolute Gasteiger partial charge is 0.311 e. The Labute approximate surface area is 186 Å². The molecule has 1 saturated carbocycles. The molecule has 0 atom stereocenters. The Kier molecular flexibility index (Phi) is 12.2. The number of benzene rings is 1. The normalized spacial score (nSPS) is 19.0. The third-order valence-electron chi connectivity index (χ3n) is 6.94. The molecule has 170 valence electrons. The molecule has 2 nitrogen and oxygen atoms in total. The van der Waals surface area contributed by atoms with Gasteiger partial charge in [0.05, 0.1) is 0 Å². The van der Waals surface area contributed by atoms with E-state index in [0.717, 1.165) is 36.0 Å². The number of aryl methyl sites for hydroxylation is 2. The molecule has 0 bridgehead atoms. The first-order chi connectivity index (χ1) is 14.6. The second-order valence-electron chi connectivity index (χ2n) is 9.66. The fourth-order valence-electron chi connectivity index (χ4n) is 4.93. The van der Waals surface area contributed by atoms with Crippen LogP contribution in [-0.2, 0) is 11.2 Å². The quantitative estimate of drug-likeness (QED) is 0.173. The van der Waals surface area contributed by atoms with Gasteiger partial charge in [-0.25, -0.2) is 0 Å². The molecular formula is C28H46O2. The van der Waals surface area contributed by atoms with Crippen molar-refractivity contribution in [1.82, 2.24) is 0 Å². The summed E-state index contributed by atoms with van der Waals surface area (Å²) < 4.78 is 5.47. The number of hydrogen-bond acceptors (Lipinski definition) is 2. The summed E-state index contributed by atoms with van der Waals surface area (Å²) in [6.45, 7) is 6.34. The van der Waals surface area contributed by atoms with Gasteiger partial charge in [0, 0.05) is 6.42 Å². The van der Waals surface area contributed by atoms with Crippen molar-refractivity contribution in [3.05, 3.63) is 29.3 Å². The molecule has 2 heteroatoms. The molecule has 0 spiro atoms. The van der Waals surface area contributed by atoms with Gasteiger partial charge in [-0.1, -0.05) is 103 Å². The van der Waals surface area contributed by atoms with Crippen molar-refractivity contribution in [3.8, 4) is 5.75 Å². The molecule has 0 heterocycles. The fourth-order valence-corrected chi connectivity index (χ4v) is 4.93. The minimum absolute atomic E-state index is 0.124. The van der Waals surface area contributed by atoms with Gasteiger partial charge in [-0.2, -0.15) is 0 Å². The van der Waals surface area contributed by atoms with Crippen LogP contribution in [0.2, 0.25) is 0 Å². The van der Waals surface area contributed by atoms with E-state index in [4.69, 9.17) is 4.74 Å². The first-order valence-electron chi connectivity index (χ1n) is 12.9. The summed E-state index contributed by atoms with van der Waals surface area (Å²) >= 11 is 0. The topological polar surface area (TPSA) is 26.3 Å². The van der Waals surface area contributed by atoms with Crippen molar-refractivity contribution in [2.45, 2.75) is 124 Å². The average Bonchev–Trinajstić information content (AvgIpc) is 2.74. The van der Waals surface area contributed by atoms with Crippen molar-refractivity contribution >= 4 is 5.97 Å². The maximum absolute atomic E-state index is 11.7. The Morgan fingerprint density at radius 3 is 2.13 bits per heavy atom. The molecule has 0 amide bonds. The molecule has 2 rings (SSSR count). The number of rotatable bonds is 14. The van der Waals surface area contributed by atoms with E-state index in [-0.39, 0.29) is 5.97 Å². The highest BCUT2D eigenvalue weighted by Crippen LogP contribution is 2.34. The zero-order valence-electron chi connectivity index (χ0n) is 20.0. The average molecular weight is 415 g/mol. The monoisotopic (exact) mass is 414 g/mol. The number of unbranched alkanes of at least 4 members (excludes halogenated alkanes) is 6. The maximum Gasteiger partial charge on any atom is 0.311 e. The van der Waals surface area contributed by atoms with Gasteiger partial charge in [-0.05, 0) is 55.2 Å². The van der Waals surface area contributed by atoms with Crippen LogP contribution >= 0.6 is 0 Å². The summed E-state index contributed by atoms with van der Waals surface area (Å²) in [5.74, 6) is 2.50. The van der Waals surface area contributed by atoms with E-state index in [1.165, 1.54) is 89.0 Å². The van der Waals surface area contributed by atoms with Gasteiger partial charge in [0.1, 0.15) is 5.75 Å². The number of esters is 1. The highest BCUT2D eigenvalue weighted by atomic mass is 16.5. The van der Waals surface area contributed by atoms with Gasteiger partial charge in [-0.15, -0.1) is 0 Å². The first-order valence-corrected chi connectivity index (χ1v) is 12.9. The van der Waals surface area contributed by atoms with Crippen molar-refractivity contribution in [3.63, 3.8) is 0 Å². The third-order valence-corrected chi connectivity index (χ3v) is 6.94. The Morgan fingerprint density at radius 1 is 0.867 bits per heavy atom. The first kappa shape index (κ1) is 25.0. The molecule has 1 aromatic rings. The van der Waals surface area contributed by atoms with Crippen molar-refractivity contribution < 1.29 is 9.53 Å². The summed E-state index contributed by atoms with van der Waals surface area (Å²) in [4.78, 5) is 11.7. The molecule has 1 aliphatic rings. The van der Waals surface area contributed by atoms with E-state index in [9.17, 15) is 4.79 Å². The van der Waals surface area contributed by atoms with Gasteiger partial charge < -0.3 is 4.74 Å². The van der Waals surface area contributed by atoms with Gasteiger partial charge in [0.15, 0.2) is 0 Å². The summed E-state index contributed by atoms with van der Waals surface area (Å²) in [7, 11) is 0. The molecule has 0 aromatic heterocycles. The largest absolute Gasteiger partial charge is 0.426 e. The zero-order chi connectivity index (χ0) is 21.6. The highest BCUT2D eigenvalue weighted by molar-refractivity contribution is 5.72. The standard InChI is InChI=1S/C28H46O2/c1-4-6-7-8-9-10-11-13-24-14-16-25(17-15-24)18-19-26-20-21-27(23(3)22-26)30-28(29)12-5-2/h20-22,24-25H,4-19H2,1-3H3. The molecule has 0 radical (unpaired) electrons. The summed E-state index contributed by atoms with van der Waals surface area (Å²) in [5, 5.41) is 0. The van der Waals surface area contributed by atoms with E-state index in [2.05, 4.69) is 19.1 Å². The van der Waals surface area contributed by atoms with Crippen LogP contribution in [0.4, 0.5) is 0 Å². The number of carbonyl (C=O) groups excluding carboxylic acids is 1. The van der Waals surface area contributed by atoms with Crippen molar-refractivity contribution in [1.29, 1.82) is 0 Å². The van der Waals surface area contributed by atoms with E-state index in [1.54, 1.807) is 0 Å². The lowest BCUT2D eigenvalue weighted by Gasteiger charge is -2.28. The van der Waals surface area contributed by atoms with Gasteiger partial charge in [0.2, 0.25) is 0 Å². The summed E-state index contributed by atoms with van der Waals surface area (Å²) in [6.07, 6.45) is 21.0. The molecule has 1 aliphatic carbocycles. The lowest BCUT2D eigenvalue weighted by Crippen LogP contribution is -2.15. The second kappa shape index (κ2) is 14.7. The molecule has 0 saturated heterocycles. The minimum Gasteiger partial charge on any atom is -0.426 e. The van der Waals surface area contributed by atoms with E-state index < -0.39 is 0 Å². The van der Waals surface area contributed by atoms with E-state index in [0.29, 0.717) is 6.42 Å². The fraction of sp³-hybridized carbons (Fsp3) is 0.750. The van der Waals surface area contributed by atoms with Crippen LogP contribution in [0, 0.1) is 18.8 Å². The van der Waals surface area contributed by atoms with Gasteiger partial charge in [-0.3, -0.25) is 4.79 Å². The minimum atomic E-state index is -0.124. The van der Waals surface area contributed by atoms with Crippen molar-refractivity contribution in [2.24, 2.45) is 11.8 Å². The van der Waals surface area contributed by atoms with Crippen LogP contribution < -0.4 is 4.74 Å². The van der Waals surface area contributed by atoms with Gasteiger partial charge in [0.25, 0.3) is 0 Å². The lowest BCUT2D eigenvalue weighted by atomic mass is 9.77. The predicted octanol–water partition coefficient (Wildman–Crippen LogP) is 8.58. The van der Waals surface area contributed by atoms with Crippen LogP contribution in [-0.4, -0.2) is 5.97 Å². The summed E-state index contributed by atoms with van der Waals surface area (Å²) in [6, 6.07) is 6.34. The Hall–Kier alpha value is -1.31. The predicted molar refractivity (Wildman–Crippen MR) is 128 cm³/mol. The van der Waals surface area contributed by atoms with Crippen LogP contribution in [0.3, 0.4) is 0 Å². The lowest BCUT2D eigenvalue weighted by molar-refractivity contribution is -0.134. The van der Waals surface area contributed by atoms with Crippen LogP contribution in [0.5, 0.6) is 5.75 Å². The van der Waals surface area contributed by atoms with Crippen molar-refractivity contribution in [2.75, 3.05) is 0 Å². The number of hydrogen-bond donors (Lipinski definition) is 0. The van der Waals surface area contributed by atoms with E-state index in [1.807, 2.05) is 19.9 Å². The van der Waals surface area contributed by atoms with Gasteiger partial charge >= 0.3 is 5.97 Å². The molecule has 0 N–H and O–H groups in total. The molecule has 0 aliphatic heterocycles. The van der Waals surface area contributed by atoms with Crippen LogP contribution in [0.15, 0.2) is 18.2 Å². The molecule has 1 fully saturated rings. The highest BCUT2D eigenvalue weighted by Gasteiger charge is 2.20. The summed E-state index contributed by atoms with van der Waals surface area (Å²) in [5.41, 5.74) is 2.46. The Bertz CT molecular complexity index is 599. The zero-order valence-corrected chi connectivity index (χ0v) is 20.0. The maximum atomic E-state index is 11.7. The third kappa shape index (κ3) is 9.67. The Morgan fingerprint density at radius 2 is 1.50 bits per heavy atom. The second-order valence-corrected chi connectivity index (χ2v) is 9.66.